The number of nitrogens with two attached hydrogens (primary N) is 1. The van der Waals surface area contributed by atoms with Gasteiger partial charge in [0.25, 0.3) is 0 Å². The molecule has 0 bridgehead atoms. The van der Waals surface area contributed by atoms with Gasteiger partial charge in [-0.25, -0.2) is 0 Å². The minimum Gasteiger partial charge on any atom is -0.513 e. The first kappa shape index (κ1) is 30.4. The molecule has 37 heavy (non-hydrogen) atoms. The number of likely N-dealkylation sites (tertiary alicyclic amines) is 1. The summed E-state index contributed by atoms with van der Waals surface area (Å²) in [5.74, 6) is 2.20. The van der Waals surface area contributed by atoms with Crippen molar-refractivity contribution < 1.29 is 5.11 Å². The van der Waals surface area contributed by atoms with Crippen LogP contribution in [0.5, 0.6) is 0 Å². The van der Waals surface area contributed by atoms with Crippen LogP contribution in [0.4, 0.5) is 5.69 Å². The number of allylic oxidation sites excluding steroid dienone is 2. The molecule has 2 fully saturated rings. The van der Waals surface area contributed by atoms with E-state index < -0.39 is 0 Å². The predicted molar refractivity (Wildman–Crippen MR) is 161 cm³/mol. The molecule has 0 amide bonds. The fourth-order valence-electron chi connectivity index (χ4n) is 4.72. The summed E-state index contributed by atoms with van der Waals surface area (Å²) in [6.45, 7) is 17.1. The van der Waals surface area contributed by atoms with Crippen molar-refractivity contribution in [1.82, 2.24) is 4.90 Å². The zero-order valence-corrected chi connectivity index (χ0v) is 23.4. The van der Waals surface area contributed by atoms with E-state index in [0.717, 1.165) is 49.6 Å². The Morgan fingerprint density at radius 1 is 1.00 bits per heavy atom. The standard InChI is InChI=1S/C17H25NO.C9H12N2.C7H12/c1-14(16-6-4-3-5-7-16)8-11-18-12-9-17(10-13-18)15(2)19;1-7(10)5-8-3-2-4-9(11)6-8;1-6(2)7-4-3-5-7/h3-7,14,17,19H,2,8-13H2,1H3;2-4,6,10H,5,11H2,1H3;7H,1,3-5H2,2H3. The van der Waals surface area contributed by atoms with Gasteiger partial charge in [-0.2, -0.15) is 0 Å². The first-order valence-corrected chi connectivity index (χ1v) is 13.8. The number of benzene rings is 2. The minimum atomic E-state index is 0.322. The van der Waals surface area contributed by atoms with E-state index in [1.165, 1.54) is 36.8 Å². The van der Waals surface area contributed by atoms with Gasteiger partial charge in [0.15, 0.2) is 0 Å². The molecule has 1 aliphatic carbocycles. The van der Waals surface area contributed by atoms with Crippen LogP contribution in [0.2, 0.25) is 0 Å². The highest BCUT2D eigenvalue weighted by Gasteiger charge is 2.21. The van der Waals surface area contributed by atoms with Gasteiger partial charge in [0.1, 0.15) is 0 Å². The third-order valence-corrected chi connectivity index (χ3v) is 7.53. The molecular weight excluding hydrogens is 454 g/mol. The van der Waals surface area contributed by atoms with E-state index in [2.05, 4.69) is 62.2 Å². The smallest absolute Gasteiger partial charge is 0.0882 e. The van der Waals surface area contributed by atoms with Crippen molar-refractivity contribution in [2.45, 2.75) is 71.6 Å². The van der Waals surface area contributed by atoms with Crippen LogP contribution in [0.15, 0.2) is 79.1 Å². The molecule has 4 nitrogen and oxygen atoms in total. The van der Waals surface area contributed by atoms with Gasteiger partial charge in [0.2, 0.25) is 0 Å². The summed E-state index contributed by atoms with van der Waals surface area (Å²) in [5.41, 5.74) is 10.9. The number of nitrogen functional groups attached to an aromatic ring is 1. The molecular formula is C33H49N3O. The van der Waals surface area contributed by atoms with E-state index in [1.807, 2.05) is 24.3 Å². The summed E-state index contributed by atoms with van der Waals surface area (Å²) in [5, 5.41) is 16.7. The second-order valence-corrected chi connectivity index (χ2v) is 10.9. The van der Waals surface area contributed by atoms with Gasteiger partial charge >= 0.3 is 0 Å². The first-order chi connectivity index (χ1) is 17.7. The third-order valence-electron chi connectivity index (χ3n) is 7.53. The van der Waals surface area contributed by atoms with Gasteiger partial charge in [-0.15, -0.1) is 0 Å². The normalized spacial score (nSPS) is 16.7. The summed E-state index contributed by atoms with van der Waals surface area (Å²) in [7, 11) is 0. The lowest BCUT2D eigenvalue weighted by Gasteiger charge is -2.32. The quantitative estimate of drug-likeness (QED) is 0.147. The number of aliphatic hydroxyl groups excluding tert-OH is 1. The second-order valence-electron chi connectivity index (χ2n) is 10.9. The first-order valence-electron chi connectivity index (χ1n) is 13.8. The maximum absolute atomic E-state index is 9.42. The Hall–Kier alpha value is -2.85. The lowest BCUT2D eigenvalue weighted by molar-refractivity contribution is 0.169. The van der Waals surface area contributed by atoms with Crippen LogP contribution in [-0.4, -0.2) is 35.4 Å². The third kappa shape index (κ3) is 11.8. The molecule has 0 radical (unpaired) electrons. The van der Waals surface area contributed by atoms with Crippen LogP contribution in [0.25, 0.3) is 0 Å². The Morgan fingerprint density at radius 3 is 2.11 bits per heavy atom. The molecule has 1 saturated heterocycles. The lowest BCUT2D eigenvalue weighted by atomic mass is 9.81. The van der Waals surface area contributed by atoms with Gasteiger partial charge < -0.3 is 21.1 Å². The lowest BCUT2D eigenvalue weighted by Crippen LogP contribution is -2.35. The highest BCUT2D eigenvalue weighted by atomic mass is 16.3. The van der Waals surface area contributed by atoms with Gasteiger partial charge in [0.05, 0.1) is 5.76 Å². The van der Waals surface area contributed by atoms with Crippen molar-refractivity contribution in [3.8, 4) is 0 Å². The van der Waals surface area contributed by atoms with Crippen LogP contribution in [0.3, 0.4) is 0 Å². The number of hydrogen-bond acceptors (Lipinski definition) is 4. The van der Waals surface area contributed by atoms with Crippen molar-refractivity contribution in [2.75, 3.05) is 25.4 Å². The highest BCUT2D eigenvalue weighted by molar-refractivity contribution is 5.81. The summed E-state index contributed by atoms with van der Waals surface area (Å²) >= 11 is 0. The highest BCUT2D eigenvalue weighted by Crippen LogP contribution is 2.31. The van der Waals surface area contributed by atoms with Gasteiger partial charge in [-0.1, -0.05) is 74.5 Å². The monoisotopic (exact) mass is 503 g/mol. The van der Waals surface area contributed by atoms with Crippen LogP contribution in [0, 0.1) is 17.2 Å². The molecule has 4 N–H and O–H groups in total. The topological polar surface area (TPSA) is 73.3 Å². The molecule has 0 aromatic heterocycles. The summed E-state index contributed by atoms with van der Waals surface area (Å²) in [6, 6.07) is 18.4. The van der Waals surface area contributed by atoms with E-state index in [9.17, 15) is 5.11 Å². The maximum Gasteiger partial charge on any atom is 0.0882 e. The zero-order chi connectivity index (χ0) is 27.2. The van der Waals surface area contributed by atoms with Crippen molar-refractivity contribution >= 4 is 11.4 Å². The molecule has 1 heterocycles. The van der Waals surface area contributed by atoms with Gasteiger partial charge in [0, 0.05) is 23.7 Å². The van der Waals surface area contributed by atoms with E-state index in [4.69, 9.17) is 11.1 Å². The second kappa shape index (κ2) is 16.1. The van der Waals surface area contributed by atoms with Crippen molar-refractivity contribution in [3.05, 3.63) is 90.2 Å². The molecule has 1 aliphatic heterocycles. The number of nitrogens with one attached hydrogen (secondary N) is 1. The molecule has 4 heteroatoms. The Labute approximate surface area is 225 Å². The Morgan fingerprint density at radius 2 is 1.65 bits per heavy atom. The van der Waals surface area contributed by atoms with E-state index in [-0.39, 0.29) is 0 Å². The van der Waals surface area contributed by atoms with Gasteiger partial charge in [-0.3, -0.25) is 0 Å². The fourth-order valence-corrected chi connectivity index (χ4v) is 4.72. The summed E-state index contributed by atoms with van der Waals surface area (Å²) in [6.07, 6.45) is 8.23. The predicted octanol–water partition coefficient (Wildman–Crippen LogP) is 8.18. The van der Waals surface area contributed by atoms with E-state index in [0.29, 0.717) is 29.7 Å². The number of anilines is 1. The number of rotatable bonds is 8. The van der Waals surface area contributed by atoms with Crippen LogP contribution >= 0.6 is 0 Å². The molecule has 1 saturated carbocycles. The summed E-state index contributed by atoms with van der Waals surface area (Å²) in [4.78, 5) is 2.51. The average molecular weight is 504 g/mol. The summed E-state index contributed by atoms with van der Waals surface area (Å²) < 4.78 is 0. The fraction of sp³-hybridized carbons (Fsp3) is 0.485. The molecule has 2 aromatic rings. The number of aliphatic hydroxyl groups is 1. The van der Waals surface area contributed by atoms with Crippen molar-refractivity contribution in [2.24, 2.45) is 11.8 Å². The SMILES string of the molecule is C=C(C)C1CCC1.C=C(O)C1CCN(CCC(C)c2ccccc2)CC1.CC(=N)Cc1cccc(N)c1. The van der Waals surface area contributed by atoms with Crippen LogP contribution < -0.4 is 5.73 Å². The maximum atomic E-state index is 9.42. The van der Waals surface area contributed by atoms with Crippen LogP contribution in [0.1, 0.15) is 76.3 Å². The van der Waals surface area contributed by atoms with Gasteiger partial charge in [-0.05, 0) is 101 Å². The number of hydrogen-bond donors (Lipinski definition) is 3. The molecule has 0 spiro atoms. The molecule has 4 rings (SSSR count). The molecule has 1 unspecified atom stereocenters. The molecule has 202 valence electrons. The Bertz CT molecular complexity index is 972. The Kier molecular flexibility index (Phi) is 13.2. The Balaban J connectivity index is 0.000000224. The molecule has 1 atom stereocenters. The molecule has 2 aliphatic rings. The van der Waals surface area contributed by atoms with E-state index >= 15 is 0 Å². The molecule has 2 aromatic carbocycles. The minimum absolute atomic E-state index is 0.322. The average Bonchev–Trinajstić information content (AvgIpc) is 2.82. The number of piperidine rings is 1. The van der Waals surface area contributed by atoms with Crippen molar-refractivity contribution in [3.63, 3.8) is 0 Å². The van der Waals surface area contributed by atoms with E-state index in [1.54, 1.807) is 6.92 Å². The number of nitrogens with zero attached hydrogens (tertiary/aromatic N) is 1. The van der Waals surface area contributed by atoms with Crippen LogP contribution in [-0.2, 0) is 6.42 Å². The van der Waals surface area contributed by atoms with Crippen molar-refractivity contribution in [1.29, 1.82) is 5.41 Å². The largest absolute Gasteiger partial charge is 0.513 e. The zero-order valence-electron chi connectivity index (χ0n) is 23.4.